The first kappa shape index (κ1) is 12.7. The molecule has 0 fully saturated rings. The van der Waals surface area contributed by atoms with Gasteiger partial charge in [-0.15, -0.1) is 0 Å². The predicted molar refractivity (Wildman–Crippen MR) is 71.2 cm³/mol. The molecule has 0 amide bonds. The van der Waals surface area contributed by atoms with E-state index in [0.29, 0.717) is 0 Å². The molecule has 0 bridgehead atoms. The van der Waals surface area contributed by atoms with Crippen LogP contribution in [0, 0.1) is 0 Å². The number of nitrogens with zero attached hydrogens (tertiary/aromatic N) is 1. The van der Waals surface area contributed by atoms with E-state index in [-0.39, 0.29) is 0 Å². The third-order valence-electron chi connectivity index (χ3n) is 2.57. The van der Waals surface area contributed by atoms with Crippen molar-refractivity contribution in [2.75, 3.05) is 7.11 Å². The van der Waals surface area contributed by atoms with E-state index in [9.17, 15) is 4.79 Å². The molecule has 94 valence electrons. The Kier molecular flexibility index (Phi) is 3.72. The Morgan fingerprint density at radius 1 is 1.44 bits per heavy atom. The van der Waals surface area contributed by atoms with Crippen LogP contribution in [-0.4, -0.2) is 28.4 Å². The molecule has 4 nitrogen and oxygen atoms in total. The summed E-state index contributed by atoms with van der Waals surface area (Å²) in [4.78, 5) is 15.1. The molecule has 1 aromatic carbocycles. The third kappa shape index (κ3) is 2.56. The molecule has 0 saturated carbocycles. The SMILES string of the molecule is COc1ccc2c(SC(C)C(=O)O)nccc2c1. The van der Waals surface area contributed by atoms with Crippen LogP contribution in [0.1, 0.15) is 6.92 Å². The summed E-state index contributed by atoms with van der Waals surface area (Å²) in [6, 6.07) is 7.54. The summed E-state index contributed by atoms with van der Waals surface area (Å²) >= 11 is 1.24. The number of fused-ring (bicyclic) bond motifs is 1. The molecule has 1 atom stereocenters. The minimum Gasteiger partial charge on any atom is -0.497 e. The molecular weight excluding hydrogens is 250 g/mol. The fourth-order valence-electron chi connectivity index (χ4n) is 1.57. The van der Waals surface area contributed by atoms with E-state index >= 15 is 0 Å². The number of hydrogen-bond donors (Lipinski definition) is 1. The number of ether oxygens (including phenoxy) is 1. The van der Waals surface area contributed by atoms with Gasteiger partial charge >= 0.3 is 5.97 Å². The van der Waals surface area contributed by atoms with Crippen molar-refractivity contribution in [1.82, 2.24) is 4.98 Å². The maximum atomic E-state index is 10.9. The van der Waals surface area contributed by atoms with E-state index in [0.717, 1.165) is 21.5 Å². The Labute approximate surface area is 109 Å². The maximum Gasteiger partial charge on any atom is 0.316 e. The van der Waals surface area contributed by atoms with Crippen LogP contribution in [0.25, 0.3) is 10.8 Å². The maximum absolute atomic E-state index is 10.9. The van der Waals surface area contributed by atoms with E-state index in [1.807, 2.05) is 24.3 Å². The van der Waals surface area contributed by atoms with Gasteiger partial charge in [-0.2, -0.15) is 0 Å². The van der Waals surface area contributed by atoms with Crippen LogP contribution in [0.3, 0.4) is 0 Å². The second-order valence-corrected chi connectivity index (χ2v) is 5.13. The van der Waals surface area contributed by atoms with Gasteiger partial charge in [-0.3, -0.25) is 4.79 Å². The van der Waals surface area contributed by atoms with Gasteiger partial charge in [0.2, 0.25) is 0 Å². The number of thioether (sulfide) groups is 1. The number of aromatic nitrogens is 1. The van der Waals surface area contributed by atoms with Crippen LogP contribution in [-0.2, 0) is 4.79 Å². The minimum atomic E-state index is -0.840. The summed E-state index contributed by atoms with van der Waals surface area (Å²) in [6.07, 6.45) is 1.68. The van der Waals surface area contributed by atoms with Crippen molar-refractivity contribution in [3.05, 3.63) is 30.5 Å². The summed E-state index contributed by atoms with van der Waals surface area (Å²) < 4.78 is 5.16. The van der Waals surface area contributed by atoms with E-state index in [1.165, 1.54) is 11.8 Å². The van der Waals surface area contributed by atoms with Crippen molar-refractivity contribution in [2.45, 2.75) is 17.2 Å². The molecule has 0 aliphatic heterocycles. The molecule has 2 aromatic rings. The lowest BCUT2D eigenvalue weighted by Gasteiger charge is -2.09. The van der Waals surface area contributed by atoms with Crippen LogP contribution in [0.4, 0.5) is 0 Å². The zero-order valence-corrected chi connectivity index (χ0v) is 10.9. The average Bonchev–Trinajstić information content (AvgIpc) is 2.38. The van der Waals surface area contributed by atoms with Crippen molar-refractivity contribution in [3.8, 4) is 5.75 Å². The highest BCUT2D eigenvalue weighted by molar-refractivity contribution is 8.00. The van der Waals surface area contributed by atoms with Crippen LogP contribution >= 0.6 is 11.8 Å². The van der Waals surface area contributed by atoms with Gasteiger partial charge < -0.3 is 9.84 Å². The van der Waals surface area contributed by atoms with Gasteiger partial charge in [0, 0.05) is 11.6 Å². The molecule has 1 N–H and O–H groups in total. The van der Waals surface area contributed by atoms with E-state index in [4.69, 9.17) is 9.84 Å². The van der Waals surface area contributed by atoms with Crippen LogP contribution in [0.5, 0.6) is 5.75 Å². The van der Waals surface area contributed by atoms with Crippen LogP contribution in [0.15, 0.2) is 35.5 Å². The average molecular weight is 263 g/mol. The van der Waals surface area contributed by atoms with Gasteiger partial charge in [0.1, 0.15) is 16.0 Å². The summed E-state index contributed by atoms with van der Waals surface area (Å²) in [5.74, 6) is -0.0664. The molecule has 0 spiro atoms. The highest BCUT2D eigenvalue weighted by Gasteiger charge is 2.15. The lowest BCUT2D eigenvalue weighted by molar-refractivity contribution is -0.136. The number of methoxy groups -OCH3 is 1. The molecule has 18 heavy (non-hydrogen) atoms. The Bertz CT molecular complexity index is 585. The van der Waals surface area contributed by atoms with E-state index in [2.05, 4.69) is 4.98 Å². The monoisotopic (exact) mass is 263 g/mol. The first-order valence-electron chi connectivity index (χ1n) is 5.44. The van der Waals surface area contributed by atoms with Crippen molar-refractivity contribution in [3.63, 3.8) is 0 Å². The van der Waals surface area contributed by atoms with Crippen LogP contribution < -0.4 is 4.74 Å². The normalized spacial score (nSPS) is 12.3. The molecule has 2 rings (SSSR count). The Morgan fingerprint density at radius 3 is 2.89 bits per heavy atom. The van der Waals surface area contributed by atoms with E-state index < -0.39 is 11.2 Å². The van der Waals surface area contributed by atoms with Gasteiger partial charge in [-0.25, -0.2) is 4.98 Å². The predicted octanol–water partition coefficient (Wildman–Crippen LogP) is 2.81. The molecule has 0 aliphatic carbocycles. The third-order valence-corrected chi connectivity index (χ3v) is 3.67. The van der Waals surface area contributed by atoms with Gasteiger partial charge in [0.25, 0.3) is 0 Å². The molecule has 5 heteroatoms. The number of benzene rings is 1. The molecule has 0 saturated heterocycles. The Morgan fingerprint density at radius 2 is 2.22 bits per heavy atom. The molecule has 1 heterocycles. The first-order valence-corrected chi connectivity index (χ1v) is 6.32. The molecule has 1 aromatic heterocycles. The number of carboxylic acids is 1. The van der Waals surface area contributed by atoms with E-state index in [1.54, 1.807) is 20.2 Å². The van der Waals surface area contributed by atoms with Gasteiger partial charge in [0.15, 0.2) is 0 Å². The zero-order valence-electron chi connectivity index (χ0n) is 10.1. The van der Waals surface area contributed by atoms with Crippen molar-refractivity contribution in [2.24, 2.45) is 0 Å². The smallest absolute Gasteiger partial charge is 0.316 e. The number of aliphatic carboxylic acids is 1. The highest BCUT2D eigenvalue weighted by Crippen LogP contribution is 2.30. The molecule has 0 radical (unpaired) electrons. The van der Waals surface area contributed by atoms with Gasteiger partial charge in [-0.1, -0.05) is 11.8 Å². The topological polar surface area (TPSA) is 59.4 Å². The lowest BCUT2D eigenvalue weighted by Crippen LogP contribution is -2.11. The van der Waals surface area contributed by atoms with Crippen LogP contribution in [0.2, 0.25) is 0 Å². The standard InChI is InChI=1S/C13H13NO3S/c1-8(13(15)16)18-12-11-4-3-10(17-2)7-9(11)5-6-14-12/h3-8H,1-2H3,(H,15,16). The number of pyridine rings is 1. The Hall–Kier alpha value is -1.75. The number of rotatable bonds is 4. The van der Waals surface area contributed by atoms with Crippen molar-refractivity contribution < 1.29 is 14.6 Å². The van der Waals surface area contributed by atoms with Gasteiger partial charge in [0.05, 0.1) is 7.11 Å². The molecule has 0 aliphatic rings. The zero-order chi connectivity index (χ0) is 13.1. The molecule has 1 unspecified atom stereocenters. The van der Waals surface area contributed by atoms with Crippen molar-refractivity contribution >= 4 is 28.5 Å². The Balaban J connectivity index is 2.42. The quantitative estimate of drug-likeness (QED) is 0.859. The second kappa shape index (κ2) is 5.27. The van der Waals surface area contributed by atoms with Gasteiger partial charge in [-0.05, 0) is 36.6 Å². The largest absolute Gasteiger partial charge is 0.497 e. The summed E-state index contributed by atoms with van der Waals surface area (Å²) in [6.45, 7) is 1.65. The summed E-state index contributed by atoms with van der Waals surface area (Å²) in [5.41, 5.74) is 0. The minimum absolute atomic E-state index is 0.523. The molecular formula is C13H13NO3S. The first-order chi connectivity index (χ1) is 8.61. The second-order valence-electron chi connectivity index (χ2n) is 3.80. The fourth-order valence-corrected chi connectivity index (χ4v) is 2.44. The fraction of sp³-hybridized carbons (Fsp3) is 0.231. The summed E-state index contributed by atoms with van der Waals surface area (Å²) in [5, 5.41) is 11.1. The number of hydrogen-bond acceptors (Lipinski definition) is 4. The number of carboxylic acid groups (broad SMARTS) is 1. The van der Waals surface area contributed by atoms with Crippen molar-refractivity contribution in [1.29, 1.82) is 0 Å². The number of carbonyl (C=O) groups is 1. The highest BCUT2D eigenvalue weighted by atomic mass is 32.2. The lowest BCUT2D eigenvalue weighted by atomic mass is 10.2. The summed E-state index contributed by atoms with van der Waals surface area (Å²) in [7, 11) is 1.62.